The molecule has 0 aromatic heterocycles. The van der Waals surface area contributed by atoms with E-state index in [1.807, 2.05) is 0 Å². The fraction of sp³-hybridized carbons (Fsp3) is 0.933. The van der Waals surface area contributed by atoms with E-state index in [2.05, 4.69) is 42.1 Å². The quantitative estimate of drug-likeness (QED) is 0.834. The Labute approximate surface area is 117 Å². The predicted octanol–water partition coefficient (Wildman–Crippen LogP) is 1.44. The summed E-state index contributed by atoms with van der Waals surface area (Å²) in [6.07, 6.45) is 4.39. The lowest BCUT2D eigenvalue weighted by Gasteiger charge is -2.42. The van der Waals surface area contributed by atoms with E-state index in [-0.39, 0.29) is 5.54 Å². The van der Waals surface area contributed by atoms with Crippen LogP contribution in [0.1, 0.15) is 39.5 Å². The van der Waals surface area contributed by atoms with Crippen LogP contribution >= 0.6 is 0 Å². The van der Waals surface area contributed by atoms with Crippen molar-refractivity contribution in [1.82, 2.24) is 15.1 Å². The number of hydrogen-bond donors (Lipinski definition) is 1. The highest BCUT2D eigenvalue weighted by molar-refractivity contribution is 5.13. The number of nitriles is 1. The van der Waals surface area contributed by atoms with Crippen molar-refractivity contribution >= 4 is 0 Å². The van der Waals surface area contributed by atoms with Crippen LogP contribution in [-0.4, -0.2) is 60.6 Å². The third-order valence-electron chi connectivity index (χ3n) is 5.01. The van der Waals surface area contributed by atoms with E-state index in [4.69, 9.17) is 0 Å². The zero-order chi connectivity index (χ0) is 13.9. The molecular formula is C15H28N4. The summed E-state index contributed by atoms with van der Waals surface area (Å²) < 4.78 is 0. The van der Waals surface area contributed by atoms with Gasteiger partial charge >= 0.3 is 0 Å². The van der Waals surface area contributed by atoms with Gasteiger partial charge in [-0.1, -0.05) is 13.8 Å². The lowest BCUT2D eigenvalue weighted by molar-refractivity contribution is 0.0625. The molecule has 1 heterocycles. The van der Waals surface area contributed by atoms with Crippen molar-refractivity contribution in [2.75, 3.05) is 33.2 Å². The standard InChI is InChI=1S/C15H28N4/c1-4-13-11-19(9-8-18(13)3)14-6-7-15(10-14,12-16)17-5-2/h13-14,17H,4-11H2,1-3H3. The van der Waals surface area contributed by atoms with Crippen molar-refractivity contribution < 1.29 is 0 Å². The van der Waals surface area contributed by atoms with Gasteiger partial charge in [-0.2, -0.15) is 5.26 Å². The van der Waals surface area contributed by atoms with Gasteiger partial charge < -0.3 is 4.90 Å². The molecule has 0 aromatic carbocycles. The number of nitrogens with one attached hydrogen (secondary N) is 1. The monoisotopic (exact) mass is 264 g/mol. The van der Waals surface area contributed by atoms with E-state index in [9.17, 15) is 5.26 Å². The maximum Gasteiger partial charge on any atom is 0.108 e. The predicted molar refractivity (Wildman–Crippen MR) is 77.9 cm³/mol. The second-order valence-corrected chi connectivity index (χ2v) is 6.16. The lowest BCUT2D eigenvalue weighted by Crippen LogP contribution is -2.54. The van der Waals surface area contributed by atoms with Crippen LogP contribution in [0.25, 0.3) is 0 Å². The van der Waals surface area contributed by atoms with E-state index < -0.39 is 0 Å². The van der Waals surface area contributed by atoms with E-state index in [0.717, 1.165) is 32.5 Å². The number of hydrogen-bond acceptors (Lipinski definition) is 4. The van der Waals surface area contributed by atoms with Gasteiger partial charge in [0, 0.05) is 31.7 Å². The number of piperazine rings is 1. The fourth-order valence-corrected chi connectivity index (χ4v) is 3.71. The summed E-state index contributed by atoms with van der Waals surface area (Å²) in [6, 6.07) is 3.82. The first kappa shape index (κ1) is 14.8. The average molecular weight is 264 g/mol. The van der Waals surface area contributed by atoms with Crippen LogP contribution in [-0.2, 0) is 0 Å². The van der Waals surface area contributed by atoms with Crippen LogP contribution in [0.2, 0.25) is 0 Å². The molecule has 2 fully saturated rings. The van der Waals surface area contributed by atoms with Crippen LogP contribution in [0.3, 0.4) is 0 Å². The Morgan fingerprint density at radius 1 is 1.37 bits per heavy atom. The first-order valence-corrected chi connectivity index (χ1v) is 7.74. The van der Waals surface area contributed by atoms with Crippen molar-refractivity contribution in [3.8, 4) is 6.07 Å². The van der Waals surface area contributed by atoms with E-state index in [1.165, 1.54) is 19.4 Å². The van der Waals surface area contributed by atoms with Crippen LogP contribution in [0.15, 0.2) is 0 Å². The van der Waals surface area contributed by atoms with Gasteiger partial charge in [-0.05, 0) is 39.3 Å². The highest BCUT2D eigenvalue weighted by atomic mass is 15.3. The summed E-state index contributed by atoms with van der Waals surface area (Å²) >= 11 is 0. The number of likely N-dealkylation sites (N-methyl/N-ethyl adjacent to an activating group) is 1. The maximum atomic E-state index is 9.46. The van der Waals surface area contributed by atoms with Crippen molar-refractivity contribution in [3.63, 3.8) is 0 Å². The Morgan fingerprint density at radius 3 is 2.79 bits per heavy atom. The third-order valence-corrected chi connectivity index (χ3v) is 5.01. The summed E-state index contributed by atoms with van der Waals surface area (Å²) in [7, 11) is 2.23. The van der Waals surface area contributed by atoms with Crippen LogP contribution < -0.4 is 5.32 Å². The van der Waals surface area contributed by atoms with Crippen molar-refractivity contribution in [2.45, 2.75) is 57.2 Å². The molecule has 1 saturated heterocycles. The molecule has 19 heavy (non-hydrogen) atoms. The number of nitrogens with zero attached hydrogens (tertiary/aromatic N) is 3. The smallest absolute Gasteiger partial charge is 0.108 e. The Hall–Kier alpha value is -0.630. The molecule has 0 spiro atoms. The summed E-state index contributed by atoms with van der Waals surface area (Å²) in [4.78, 5) is 5.11. The number of rotatable bonds is 4. The minimum Gasteiger partial charge on any atom is -0.301 e. The SMILES string of the molecule is CCNC1(C#N)CCC(N2CCN(C)C(CC)C2)C1. The second kappa shape index (κ2) is 6.21. The van der Waals surface area contributed by atoms with Gasteiger partial charge in [0.15, 0.2) is 0 Å². The Morgan fingerprint density at radius 2 is 2.16 bits per heavy atom. The molecule has 2 aliphatic rings. The summed E-state index contributed by atoms with van der Waals surface area (Å²) in [6.45, 7) is 8.75. The molecule has 1 aliphatic heterocycles. The summed E-state index contributed by atoms with van der Waals surface area (Å²) in [5.74, 6) is 0. The van der Waals surface area contributed by atoms with Gasteiger partial charge in [-0.3, -0.25) is 10.2 Å². The Kier molecular flexibility index (Phi) is 4.83. The Balaban J connectivity index is 1.95. The summed E-state index contributed by atoms with van der Waals surface area (Å²) in [5.41, 5.74) is -0.259. The van der Waals surface area contributed by atoms with Crippen molar-refractivity contribution in [2.24, 2.45) is 0 Å². The van der Waals surface area contributed by atoms with E-state index in [0.29, 0.717) is 12.1 Å². The van der Waals surface area contributed by atoms with Gasteiger partial charge in [-0.15, -0.1) is 0 Å². The van der Waals surface area contributed by atoms with Crippen molar-refractivity contribution in [1.29, 1.82) is 5.26 Å². The molecule has 1 N–H and O–H groups in total. The fourth-order valence-electron chi connectivity index (χ4n) is 3.71. The van der Waals surface area contributed by atoms with Gasteiger partial charge in [0.05, 0.1) is 6.07 Å². The van der Waals surface area contributed by atoms with Crippen LogP contribution in [0.5, 0.6) is 0 Å². The molecule has 0 aromatic rings. The van der Waals surface area contributed by atoms with Crippen LogP contribution in [0.4, 0.5) is 0 Å². The molecule has 2 rings (SSSR count). The molecule has 108 valence electrons. The molecule has 3 unspecified atom stereocenters. The highest BCUT2D eigenvalue weighted by Crippen LogP contribution is 2.33. The first-order chi connectivity index (χ1) is 9.14. The Bertz CT molecular complexity index is 338. The van der Waals surface area contributed by atoms with E-state index >= 15 is 0 Å². The first-order valence-electron chi connectivity index (χ1n) is 7.74. The minimum absolute atomic E-state index is 0.259. The maximum absolute atomic E-state index is 9.46. The second-order valence-electron chi connectivity index (χ2n) is 6.16. The lowest BCUT2D eigenvalue weighted by atomic mass is 9.99. The van der Waals surface area contributed by atoms with Crippen molar-refractivity contribution in [3.05, 3.63) is 0 Å². The average Bonchev–Trinajstić information content (AvgIpc) is 2.85. The van der Waals surface area contributed by atoms with E-state index in [1.54, 1.807) is 0 Å². The molecule has 0 bridgehead atoms. The molecule has 1 saturated carbocycles. The molecule has 3 atom stereocenters. The molecule has 4 heteroatoms. The largest absolute Gasteiger partial charge is 0.301 e. The molecule has 0 radical (unpaired) electrons. The summed E-state index contributed by atoms with van der Waals surface area (Å²) in [5, 5.41) is 12.9. The topological polar surface area (TPSA) is 42.3 Å². The zero-order valence-corrected chi connectivity index (χ0v) is 12.7. The molecule has 4 nitrogen and oxygen atoms in total. The molecule has 0 amide bonds. The minimum atomic E-state index is -0.259. The van der Waals surface area contributed by atoms with Crippen LogP contribution in [0, 0.1) is 11.3 Å². The molecular weight excluding hydrogens is 236 g/mol. The highest BCUT2D eigenvalue weighted by Gasteiger charge is 2.42. The normalized spacial score (nSPS) is 37.4. The molecule has 1 aliphatic carbocycles. The third kappa shape index (κ3) is 3.10. The zero-order valence-electron chi connectivity index (χ0n) is 12.7. The van der Waals surface area contributed by atoms with Gasteiger partial charge in [0.1, 0.15) is 5.54 Å². The van der Waals surface area contributed by atoms with Gasteiger partial charge in [0.2, 0.25) is 0 Å². The van der Waals surface area contributed by atoms with Gasteiger partial charge in [-0.25, -0.2) is 0 Å². The van der Waals surface area contributed by atoms with Gasteiger partial charge in [0.25, 0.3) is 0 Å².